The van der Waals surface area contributed by atoms with Crippen molar-refractivity contribution in [2.75, 3.05) is 6.79 Å². The van der Waals surface area contributed by atoms with Gasteiger partial charge in [-0.25, -0.2) is 22.9 Å². The zero-order chi connectivity index (χ0) is 27.1. The van der Waals surface area contributed by atoms with E-state index in [9.17, 15) is 22.1 Å². The SMILES string of the molecule is CC(C)c1cc(-c2cn3c(-c4ccc(OCOP(=O)(O)O)cc4F)c(C(F)(F)F)nc3cn2)ccc1F. The number of nitrogens with zero attached hydrogens (tertiary/aromatic N) is 3. The summed E-state index contributed by atoms with van der Waals surface area (Å²) in [5, 5.41) is 0. The van der Waals surface area contributed by atoms with Crippen LogP contribution in [0.4, 0.5) is 22.0 Å². The van der Waals surface area contributed by atoms with Gasteiger partial charge in [-0.3, -0.25) is 9.38 Å². The lowest BCUT2D eigenvalue weighted by molar-refractivity contribution is -0.140. The van der Waals surface area contributed by atoms with Crippen LogP contribution in [0.2, 0.25) is 0 Å². The van der Waals surface area contributed by atoms with Crippen molar-refractivity contribution in [1.29, 1.82) is 0 Å². The molecule has 0 fully saturated rings. The van der Waals surface area contributed by atoms with Gasteiger partial charge in [-0.1, -0.05) is 13.8 Å². The molecule has 2 N–H and O–H groups in total. The van der Waals surface area contributed by atoms with E-state index in [1.54, 1.807) is 19.9 Å². The molecule has 0 spiro atoms. The number of alkyl halides is 3. The summed E-state index contributed by atoms with van der Waals surface area (Å²) >= 11 is 0. The largest absolute Gasteiger partial charge is 0.472 e. The van der Waals surface area contributed by atoms with E-state index in [2.05, 4.69) is 14.5 Å². The molecule has 8 nitrogen and oxygen atoms in total. The Bertz CT molecular complexity index is 1520. The van der Waals surface area contributed by atoms with Gasteiger partial charge in [-0.05, 0) is 41.8 Å². The Hall–Kier alpha value is -3.38. The minimum absolute atomic E-state index is 0.161. The number of phosphoric ester groups is 1. The van der Waals surface area contributed by atoms with E-state index >= 15 is 4.39 Å². The van der Waals surface area contributed by atoms with E-state index in [-0.39, 0.29) is 23.0 Å². The van der Waals surface area contributed by atoms with Crippen molar-refractivity contribution >= 4 is 13.5 Å². The Labute approximate surface area is 206 Å². The van der Waals surface area contributed by atoms with E-state index in [0.717, 1.165) is 28.8 Å². The Morgan fingerprint density at radius 1 is 1.08 bits per heavy atom. The minimum atomic E-state index is -4.94. The van der Waals surface area contributed by atoms with Crippen LogP contribution in [0.5, 0.6) is 5.75 Å². The van der Waals surface area contributed by atoms with Gasteiger partial charge in [0.1, 0.15) is 17.4 Å². The second-order valence-corrected chi connectivity index (χ2v) is 9.46. The average molecular weight is 543 g/mol. The summed E-state index contributed by atoms with van der Waals surface area (Å²) in [6, 6.07) is 7.08. The third-order valence-corrected chi connectivity index (χ3v) is 5.78. The van der Waals surface area contributed by atoms with Crippen molar-refractivity contribution in [2.45, 2.75) is 25.9 Å². The maximum absolute atomic E-state index is 15.0. The Kier molecular flexibility index (Phi) is 7.08. The Morgan fingerprint density at radius 2 is 1.81 bits per heavy atom. The van der Waals surface area contributed by atoms with Crippen LogP contribution in [0.1, 0.15) is 31.0 Å². The first-order valence-electron chi connectivity index (χ1n) is 10.6. The molecule has 0 bridgehead atoms. The first kappa shape index (κ1) is 26.7. The monoisotopic (exact) mass is 543 g/mol. The van der Waals surface area contributed by atoms with Crippen LogP contribution in [0, 0.1) is 11.6 Å². The summed E-state index contributed by atoms with van der Waals surface area (Å²) in [4.78, 5) is 25.1. The summed E-state index contributed by atoms with van der Waals surface area (Å²) in [6.45, 7) is 2.66. The summed E-state index contributed by atoms with van der Waals surface area (Å²) in [6.07, 6.45) is -2.59. The van der Waals surface area contributed by atoms with Crippen LogP contribution < -0.4 is 4.74 Å². The van der Waals surface area contributed by atoms with Crippen LogP contribution in [-0.4, -0.2) is 30.9 Å². The Morgan fingerprint density at radius 3 is 2.43 bits per heavy atom. The number of hydrogen-bond acceptors (Lipinski definition) is 5. The number of aromatic nitrogens is 3. The number of phosphoric acid groups is 1. The van der Waals surface area contributed by atoms with Crippen molar-refractivity contribution in [1.82, 2.24) is 14.4 Å². The molecule has 4 rings (SSSR count). The second kappa shape index (κ2) is 9.82. The normalized spacial score (nSPS) is 12.5. The van der Waals surface area contributed by atoms with E-state index < -0.39 is 49.4 Å². The number of halogens is 5. The quantitative estimate of drug-likeness (QED) is 0.169. The first-order chi connectivity index (χ1) is 17.2. The number of benzene rings is 2. The van der Waals surface area contributed by atoms with Crippen molar-refractivity contribution in [3.63, 3.8) is 0 Å². The first-order valence-corrected chi connectivity index (χ1v) is 12.2. The minimum Gasteiger partial charge on any atom is -0.467 e. The molecule has 0 saturated carbocycles. The molecule has 0 aliphatic heterocycles. The third-order valence-electron chi connectivity index (χ3n) is 5.33. The molecular formula is C23H19F5N3O5P. The average Bonchev–Trinajstić information content (AvgIpc) is 3.18. The third kappa shape index (κ3) is 5.80. The zero-order valence-electron chi connectivity index (χ0n) is 19.2. The second-order valence-electron chi connectivity index (χ2n) is 8.22. The lowest BCUT2D eigenvalue weighted by Crippen LogP contribution is -2.08. The predicted octanol–water partition coefficient (Wildman–Crippen LogP) is 5.93. The van der Waals surface area contributed by atoms with E-state index in [0.29, 0.717) is 11.1 Å². The van der Waals surface area contributed by atoms with E-state index in [4.69, 9.17) is 14.5 Å². The van der Waals surface area contributed by atoms with E-state index in [1.807, 2.05) is 0 Å². The molecule has 2 aromatic carbocycles. The molecule has 14 heteroatoms. The fourth-order valence-corrected chi connectivity index (χ4v) is 3.83. The van der Waals surface area contributed by atoms with Gasteiger partial charge in [0, 0.05) is 23.4 Å². The predicted molar refractivity (Wildman–Crippen MR) is 121 cm³/mol. The highest BCUT2D eigenvalue weighted by molar-refractivity contribution is 7.46. The van der Waals surface area contributed by atoms with Gasteiger partial charge < -0.3 is 14.5 Å². The van der Waals surface area contributed by atoms with Gasteiger partial charge in [0.2, 0.25) is 0 Å². The lowest BCUT2D eigenvalue weighted by Gasteiger charge is -2.12. The molecular weight excluding hydrogens is 524 g/mol. The Balaban J connectivity index is 1.82. The lowest BCUT2D eigenvalue weighted by atomic mass is 9.99. The van der Waals surface area contributed by atoms with Crippen LogP contribution in [0.15, 0.2) is 48.8 Å². The molecule has 0 unspecified atom stereocenters. The summed E-state index contributed by atoms with van der Waals surface area (Å²) < 4.78 is 91.7. The van der Waals surface area contributed by atoms with Crippen LogP contribution in [0.25, 0.3) is 28.2 Å². The van der Waals surface area contributed by atoms with Gasteiger partial charge in [-0.2, -0.15) is 13.2 Å². The molecule has 0 amide bonds. The van der Waals surface area contributed by atoms with Gasteiger partial charge in [0.15, 0.2) is 18.1 Å². The topological polar surface area (TPSA) is 106 Å². The molecule has 2 aromatic heterocycles. The number of imidazole rings is 1. The maximum atomic E-state index is 15.0. The summed E-state index contributed by atoms with van der Waals surface area (Å²) in [7, 11) is -4.84. The highest BCUT2D eigenvalue weighted by Crippen LogP contribution is 2.40. The van der Waals surface area contributed by atoms with Crippen molar-refractivity contribution in [2.24, 2.45) is 0 Å². The van der Waals surface area contributed by atoms with Crippen LogP contribution in [0.3, 0.4) is 0 Å². The van der Waals surface area contributed by atoms with Gasteiger partial charge in [0.25, 0.3) is 0 Å². The molecule has 0 aliphatic carbocycles. The zero-order valence-corrected chi connectivity index (χ0v) is 20.1. The number of ether oxygens (including phenoxy) is 1. The number of rotatable bonds is 7. The van der Waals surface area contributed by atoms with Crippen molar-refractivity contribution in [3.8, 4) is 28.3 Å². The number of hydrogen-bond donors (Lipinski definition) is 2. The van der Waals surface area contributed by atoms with Crippen LogP contribution in [-0.2, 0) is 15.3 Å². The van der Waals surface area contributed by atoms with Gasteiger partial charge >= 0.3 is 14.0 Å². The van der Waals surface area contributed by atoms with Gasteiger partial charge in [-0.15, -0.1) is 0 Å². The molecule has 2 heterocycles. The van der Waals surface area contributed by atoms with Crippen molar-refractivity contribution in [3.05, 3.63) is 71.7 Å². The fraction of sp³-hybridized carbons (Fsp3) is 0.217. The molecule has 196 valence electrons. The molecule has 0 aliphatic rings. The highest BCUT2D eigenvalue weighted by atomic mass is 31.2. The molecule has 4 aromatic rings. The van der Waals surface area contributed by atoms with E-state index in [1.165, 1.54) is 18.3 Å². The fourth-order valence-electron chi connectivity index (χ4n) is 3.64. The van der Waals surface area contributed by atoms with Crippen molar-refractivity contribution < 1.29 is 45.6 Å². The standard InChI is InChI=1S/C23H19F5N3O5P/c1-12(2)16-7-13(3-6-17(16)24)19-10-31-20(9-29-19)30-22(23(26,27)28)21(31)15-5-4-14(8-18(15)25)35-11-36-37(32,33)34/h3-10,12H,11H2,1-2H3,(H2,32,33,34). The molecule has 0 saturated heterocycles. The van der Waals surface area contributed by atoms with Crippen LogP contribution >= 0.6 is 7.82 Å². The maximum Gasteiger partial charge on any atom is 0.472 e. The summed E-state index contributed by atoms with van der Waals surface area (Å²) in [5.74, 6) is -1.96. The highest BCUT2D eigenvalue weighted by Gasteiger charge is 2.39. The van der Waals surface area contributed by atoms with Gasteiger partial charge in [0.05, 0.1) is 17.6 Å². The molecule has 37 heavy (non-hydrogen) atoms. The summed E-state index contributed by atoms with van der Waals surface area (Å²) in [5.41, 5.74) is -1.59. The molecule has 0 atom stereocenters. The molecule has 0 radical (unpaired) electrons. The smallest absolute Gasteiger partial charge is 0.467 e. The number of fused-ring (bicyclic) bond motifs is 1.